The number of likely N-dealkylation sites (tertiary alicyclic amines) is 1. The van der Waals surface area contributed by atoms with Crippen molar-refractivity contribution in [2.24, 2.45) is 5.92 Å². The Labute approximate surface area is 156 Å². The fourth-order valence-electron chi connectivity index (χ4n) is 4.05. The van der Waals surface area contributed by atoms with Gasteiger partial charge in [0.05, 0.1) is 18.6 Å². The zero-order valence-corrected chi connectivity index (χ0v) is 16.6. The molecule has 2 aliphatic rings. The average Bonchev–Trinajstić information content (AvgIpc) is 3.11. The van der Waals surface area contributed by atoms with Gasteiger partial charge in [-0.05, 0) is 67.8 Å². The number of sulfonamides is 1. The number of benzene rings is 1. The lowest BCUT2D eigenvalue weighted by Gasteiger charge is -2.22. The Morgan fingerprint density at radius 3 is 2.69 bits per heavy atom. The zero-order valence-electron chi connectivity index (χ0n) is 15.8. The van der Waals surface area contributed by atoms with E-state index in [1.807, 2.05) is 0 Å². The van der Waals surface area contributed by atoms with Gasteiger partial charge in [0.2, 0.25) is 10.0 Å². The van der Waals surface area contributed by atoms with Gasteiger partial charge < -0.3 is 14.4 Å². The van der Waals surface area contributed by atoms with E-state index >= 15 is 0 Å². The van der Waals surface area contributed by atoms with Crippen LogP contribution in [0.15, 0.2) is 17.0 Å². The Balaban J connectivity index is 1.67. The van der Waals surface area contributed by atoms with Crippen LogP contribution in [0, 0.1) is 5.92 Å². The molecule has 1 atom stereocenters. The van der Waals surface area contributed by atoms with E-state index in [0.29, 0.717) is 17.4 Å². The molecule has 0 saturated carbocycles. The summed E-state index contributed by atoms with van der Waals surface area (Å²) in [6.07, 6.45) is 4.82. The molecule has 1 fully saturated rings. The molecule has 1 saturated heterocycles. The molecule has 3 rings (SSSR count). The summed E-state index contributed by atoms with van der Waals surface area (Å²) in [6, 6.07) is 3.49. The third kappa shape index (κ3) is 4.39. The van der Waals surface area contributed by atoms with Gasteiger partial charge in [0.1, 0.15) is 5.75 Å². The first-order valence-electron chi connectivity index (χ1n) is 9.45. The molecule has 0 aromatic heterocycles. The van der Waals surface area contributed by atoms with Crippen LogP contribution in [0.2, 0.25) is 0 Å². The quantitative estimate of drug-likeness (QED) is 0.743. The van der Waals surface area contributed by atoms with Crippen LogP contribution in [0.25, 0.3) is 0 Å². The van der Waals surface area contributed by atoms with E-state index in [-0.39, 0.29) is 0 Å². The van der Waals surface area contributed by atoms with Crippen molar-refractivity contribution in [1.82, 2.24) is 9.62 Å². The van der Waals surface area contributed by atoms with E-state index in [1.165, 1.54) is 0 Å². The SMILES string of the molecule is COCCN1CC[C@@H](CNS(=O)(=O)c2ccc(OC)c3c2CCCC3)C1. The first kappa shape index (κ1) is 19.6. The van der Waals surface area contributed by atoms with Crippen molar-refractivity contribution in [3.05, 3.63) is 23.3 Å². The highest BCUT2D eigenvalue weighted by Crippen LogP contribution is 2.34. The van der Waals surface area contributed by atoms with Crippen molar-refractivity contribution in [3.63, 3.8) is 0 Å². The molecule has 26 heavy (non-hydrogen) atoms. The van der Waals surface area contributed by atoms with Crippen LogP contribution < -0.4 is 9.46 Å². The van der Waals surface area contributed by atoms with Gasteiger partial charge in [0.25, 0.3) is 0 Å². The summed E-state index contributed by atoms with van der Waals surface area (Å²) in [5.41, 5.74) is 2.00. The Kier molecular flexibility index (Phi) is 6.55. The topological polar surface area (TPSA) is 67.9 Å². The lowest BCUT2D eigenvalue weighted by Crippen LogP contribution is -2.32. The smallest absolute Gasteiger partial charge is 0.240 e. The fraction of sp³-hybridized carbons (Fsp3) is 0.684. The number of nitrogens with one attached hydrogen (secondary N) is 1. The van der Waals surface area contributed by atoms with Crippen LogP contribution in [0.4, 0.5) is 0 Å². The summed E-state index contributed by atoms with van der Waals surface area (Å²) in [5, 5.41) is 0. The highest BCUT2D eigenvalue weighted by molar-refractivity contribution is 7.89. The van der Waals surface area contributed by atoms with E-state index in [9.17, 15) is 8.42 Å². The summed E-state index contributed by atoms with van der Waals surface area (Å²) < 4.78 is 39.3. The van der Waals surface area contributed by atoms with E-state index in [4.69, 9.17) is 9.47 Å². The normalized spacial score (nSPS) is 20.9. The first-order valence-corrected chi connectivity index (χ1v) is 10.9. The number of fused-ring (bicyclic) bond motifs is 1. The fourth-order valence-corrected chi connectivity index (χ4v) is 5.46. The molecule has 0 unspecified atom stereocenters. The molecule has 0 spiro atoms. The number of ether oxygens (including phenoxy) is 2. The van der Waals surface area contributed by atoms with E-state index < -0.39 is 10.0 Å². The number of hydrogen-bond donors (Lipinski definition) is 1. The van der Waals surface area contributed by atoms with Crippen molar-refractivity contribution >= 4 is 10.0 Å². The standard InChI is InChI=1S/C19H30N2O4S/c1-24-12-11-21-10-9-15(14-21)13-20-26(22,23)19-8-7-18(25-2)16-5-3-4-6-17(16)19/h7-8,15,20H,3-6,9-14H2,1-2H3/t15-/m0/s1. The molecule has 1 aromatic carbocycles. The number of hydrogen-bond acceptors (Lipinski definition) is 5. The third-order valence-electron chi connectivity index (χ3n) is 5.50. The van der Waals surface area contributed by atoms with Crippen molar-refractivity contribution in [3.8, 4) is 5.75 Å². The first-order chi connectivity index (χ1) is 12.5. The Morgan fingerprint density at radius 2 is 1.96 bits per heavy atom. The highest BCUT2D eigenvalue weighted by Gasteiger charge is 2.27. The summed E-state index contributed by atoms with van der Waals surface area (Å²) in [6.45, 7) is 4.05. The molecule has 1 aromatic rings. The highest BCUT2D eigenvalue weighted by atomic mass is 32.2. The molecule has 146 valence electrons. The molecule has 6 nitrogen and oxygen atoms in total. The van der Waals surface area contributed by atoms with Gasteiger partial charge in [0.15, 0.2) is 0 Å². The summed E-state index contributed by atoms with van der Waals surface area (Å²) in [7, 11) is -0.147. The molecule has 0 bridgehead atoms. The summed E-state index contributed by atoms with van der Waals surface area (Å²) in [4.78, 5) is 2.76. The monoisotopic (exact) mass is 382 g/mol. The van der Waals surface area contributed by atoms with Crippen LogP contribution in [0.1, 0.15) is 30.4 Å². The lowest BCUT2D eigenvalue weighted by atomic mass is 9.91. The van der Waals surface area contributed by atoms with Crippen molar-refractivity contribution in [2.45, 2.75) is 37.0 Å². The summed E-state index contributed by atoms with van der Waals surface area (Å²) in [5.74, 6) is 1.17. The van der Waals surface area contributed by atoms with Crippen LogP contribution in [0.3, 0.4) is 0 Å². The number of rotatable bonds is 8. The van der Waals surface area contributed by atoms with Crippen LogP contribution >= 0.6 is 0 Å². The molecular weight excluding hydrogens is 352 g/mol. The van der Waals surface area contributed by atoms with E-state index in [1.54, 1.807) is 26.4 Å². The Bertz CT molecular complexity index is 720. The summed E-state index contributed by atoms with van der Waals surface area (Å²) >= 11 is 0. The second-order valence-electron chi connectivity index (χ2n) is 7.23. The van der Waals surface area contributed by atoms with Crippen molar-refractivity contribution in [1.29, 1.82) is 0 Å². The van der Waals surface area contributed by atoms with Gasteiger partial charge in [-0.2, -0.15) is 0 Å². The molecule has 0 radical (unpaired) electrons. The Hall–Kier alpha value is -1.15. The zero-order chi connectivity index (χ0) is 18.6. The van der Waals surface area contributed by atoms with E-state index in [0.717, 1.165) is 75.2 Å². The van der Waals surface area contributed by atoms with Crippen molar-refractivity contribution in [2.75, 3.05) is 47.0 Å². The number of methoxy groups -OCH3 is 2. The molecule has 1 aliphatic heterocycles. The number of nitrogens with zero attached hydrogens (tertiary/aromatic N) is 1. The maximum atomic E-state index is 12.9. The minimum atomic E-state index is -3.50. The van der Waals surface area contributed by atoms with Gasteiger partial charge in [0, 0.05) is 26.7 Å². The van der Waals surface area contributed by atoms with Crippen LogP contribution in [-0.4, -0.2) is 60.3 Å². The second kappa shape index (κ2) is 8.69. The van der Waals surface area contributed by atoms with Crippen molar-refractivity contribution < 1.29 is 17.9 Å². The maximum Gasteiger partial charge on any atom is 0.240 e. The van der Waals surface area contributed by atoms with Gasteiger partial charge in [-0.1, -0.05) is 0 Å². The molecule has 0 amide bonds. The molecule has 1 N–H and O–H groups in total. The second-order valence-corrected chi connectivity index (χ2v) is 8.97. The Morgan fingerprint density at radius 1 is 1.19 bits per heavy atom. The van der Waals surface area contributed by atoms with E-state index in [2.05, 4.69) is 9.62 Å². The average molecular weight is 383 g/mol. The predicted octanol–water partition coefficient (Wildman–Crippen LogP) is 1.82. The minimum Gasteiger partial charge on any atom is -0.496 e. The van der Waals surface area contributed by atoms with Crippen LogP contribution in [0.5, 0.6) is 5.75 Å². The maximum absolute atomic E-state index is 12.9. The molecular formula is C19H30N2O4S. The minimum absolute atomic E-state index is 0.357. The third-order valence-corrected chi connectivity index (χ3v) is 7.01. The van der Waals surface area contributed by atoms with Gasteiger partial charge >= 0.3 is 0 Å². The largest absolute Gasteiger partial charge is 0.496 e. The predicted molar refractivity (Wildman–Crippen MR) is 101 cm³/mol. The van der Waals surface area contributed by atoms with Gasteiger partial charge in [-0.3, -0.25) is 0 Å². The molecule has 7 heteroatoms. The molecule has 1 heterocycles. The van der Waals surface area contributed by atoms with Gasteiger partial charge in [-0.25, -0.2) is 13.1 Å². The van der Waals surface area contributed by atoms with Gasteiger partial charge in [-0.15, -0.1) is 0 Å². The molecule has 1 aliphatic carbocycles. The lowest BCUT2D eigenvalue weighted by molar-refractivity contribution is 0.159. The van der Waals surface area contributed by atoms with Crippen LogP contribution in [-0.2, 0) is 27.6 Å².